The number of halogens is 1. The van der Waals surface area contributed by atoms with Crippen molar-refractivity contribution in [2.45, 2.75) is 19.8 Å². The maximum Gasteiger partial charge on any atom is 0.226 e. The van der Waals surface area contributed by atoms with Crippen molar-refractivity contribution in [3.05, 3.63) is 45.9 Å². The number of carbonyl (C=O) groups is 2. The van der Waals surface area contributed by atoms with Gasteiger partial charge < -0.3 is 5.32 Å². The number of thiazole rings is 1. The third kappa shape index (κ3) is 4.15. The summed E-state index contributed by atoms with van der Waals surface area (Å²) in [6.45, 7) is 1.86. The lowest BCUT2D eigenvalue weighted by molar-refractivity contribution is -0.116. The van der Waals surface area contributed by atoms with Gasteiger partial charge in [0.05, 0.1) is 5.69 Å². The van der Waals surface area contributed by atoms with Crippen molar-refractivity contribution in [2.24, 2.45) is 0 Å². The van der Waals surface area contributed by atoms with Gasteiger partial charge in [-0.05, 0) is 19.1 Å². The predicted molar refractivity (Wildman–Crippen MR) is 80.5 cm³/mol. The molecular formula is C14H13ClN2O2S. The van der Waals surface area contributed by atoms with Gasteiger partial charge in [0.15, 0.2) is 10.9 Å². The zero-order chi connectivity index (χ0) is 14.5. The quantitative estimate of drug-likeness (QED) is 0.857. The number of rotatable bonds is 5. The molecule has 1 heterocycles. The summed E-state index contributed by atoms with van der Waals surface area (Å²) in [4.78, 5) is 27.7. The van der Waals surface area contributed by atoms with Crippen molar-refractivity contribution < 1.29 is 9.59 Å². The van der Waals surface area contributed by atoms with Crippen LogP contribution in [0.25, 0.3) is 0 Å². The van der Waals surface area contributed by atoms with Crippen molar-refractivity contribution >= 4 is 39.8 Å². The Morgan fingerprint density at radius 1 is 1.35 bits per heavy atom. The molecule has 1 N–H and O–H groups in total. The predicted octanol–water partition coefficient (Wildman–Crippen LogP) is 3.71. The van der Waals surface area contributed by atoms with Crippen LogP contribution in [0.5, 0.6) is 0 Å². The number of amides is 1. The van der Waals surface area contributed by atoms with E-state index in [-0.39, 0.29) is 24.5 Å². The highest BCUT2D eigenvalue weighted by Gasteiger charge is 2.11. The molecule has 0 spiro atoms. The monoisotopic (exact) mass is 308 g/mol. The number of ketones is 1. The second kappa shape index (κ2) is 6.63. The SMILES string of the molecule is Cc1csc(NC(=O)CCC(=O)c2cccc(Cl)c2)n1. The zero-order valence-corrected chi connectivity index (χ0v) is 12.4. The number of hydrogen-bond acceptors (Lipinski definition) is 4. The number of nitrogens with one attached hydrogen (secondary N) is 1. The highest BCUT2D eigenvalue weighted by molar-refractivity contribution is 7.13. The molecule has 1 amide bonds. The number of aryl methyl sites for hydroxylation is 1. The van der Waals surface area contributed by atoms with Crippen LogP contribution in [0.4, 0.5) is 5.13 Å². The van der Waals surface area contributed by atoms with E-state index < -0.39 is 0 Å². The molecule has 0 fully saturated rings. The lowest BCUT2D eigenvalue weighted by Crippen LogP contribution is -2.13. The minimum Gasteiger partial charge on any atom is -0.302 e. The highest BCUT2D eigenvalue weighted by Crippen LogP contribution is 2.16. The number of benzene rings is 1. The molecule has 1 aromatic heterocycles. The van der Waals surface area contributed by atoms with Gasteiger partial charge in [0, 0.05) is 28.8 Å². The van der Waals surface area contributed by atoms with Crippen molar-refractivity contribution in [1.29, 1.82) is 0 Å². The first kappa shape index (κ1) is 14.7. The van der Waals surface area contributed by atoms with E-state index in [1.54, 1.807) is 24.3 Å². The Morgan fingerprint density at radius 3 is 2.80 bits per heavy atom. The van der Waals surface area contributed by atoms with Gasteiger partial charge in [-0.15, -0.1) is 11.3 Å². The van der Waals surface area contributed by atoms with E-state index in [1.165, 1.54) is 11.3 Å². The van der Waals surface area contributed by atoms with Gasteiger partial charge in [-0.1, -0.05) is 23.7 Å². The molecule has 104 valence electrons. The molecule has 2 rings (SSSR count). The molecule has 2 aromatic rings. The molecule has 4 nitrogen and oxygen atoms in total. The summed E-state index contributed by atoms with van der Waals surface area (Å²) in [6.07, 6.45) is 0.278. The fourth-order valence-corrected chi connectivity index (χ4v) is 2.52. The molecular weight excluding hydrogens is 296 g/mol. The molecule has 0 saturated carbocycles. The van der Waals surface area contributed by atoms with Crippen LogP contribution in [0.1, 0.15) is 28.9 Å². The summed E-state index contributed by atoms with van der Waals surface area (Å²) in [5.41, 5.74) is 1.38. The summed E-state index contributed by atoms with van der Waals surface area (Å²) in [5.74, 6) is -0.312. The first-order valence-corrected chi connectivity index (χ1v) is 7.31. The Kier molecular flexibility index (Phi) is 4.87. The second-order valence-corrected chi connectivity index (χ2v) is 5.57. The van der Waals surface area contributed by atoms with Crippen molar-refractivity contribution in [2.75, 3.05) is 5.32 Å². The molecule has 20 heavy (non-hydrogen) atoms. The number of aromatic nitrogens is 1. The second-order valence-electron chi connectivity index (χ2n) is 4.28. The minimum absolute atomic E-state index is 0.0991. The van der Waals surface area contributed by atoms with Crippen LogP contribution in [0.2, 0.25) is 5.02 Å². The Hall–Kier alpha value is -1.72. The molecule has 6 heteroatoms. The smallest absolute Gasteiger partial charge is 0.226 e. The Balaban J connectivity index is 1.85. The van der Waals surface area contributed by atoms with Crippen molar-refractivity contribution in [3.63, 3.8) is 0 Å². The lowest BCUT2D eigenvalue weighted by Gasteiger charge is -2.02. The Morgan fingerprint density at radius 2 is 2.15 bits per heavy atom. The van der Waals surface area contributed by atoms with E-state index in [4.69, 9.17) is 11.6 Å². The topological polar surface area (TPSA) is 59.1 Å². The molecule has 0 unspecified atom stereocenters. The summed E-state index contributed by atoms with van der Waals surface area (Å²) in [5, 5.41) is 5.60. The van der Waals surface area contributed by atoms with Crippen LogP contribution in [0.3, 0.4) is 0 Å². The normalized spacial score (nSPS) is 10.3. The Bertz CT molecular complexity index is 640. The molecule has 0 atom stereocenters. The molecule has 0 bridgehead atoms. The highest BCUT2D eigenvalue weighted by atomic mass is 35.5. The maximum atomic E-state index is 11.9. The largest absolute Gasteiger partial charge is 0.302 e. The number of nitrogens with zero attached hydrogens (tertiary/aromatic N) is 1. The van der Waals surface area contributed by atoms with E-state index >= 15 is 0 Å². The number of hydrogen-bond donors (Lipinski definition) is 1. The van der Waals surface area contributed by atoms with Gasteiger partial charge in [0.2, 0.25) is 5.91 Å². The number of Topliss-reactive ketones (excluding diaryl/α,β-unsaturated/α-hetero) is 1. The van der Waals surface area contributed by atoms with Crippen LogP contribution in [0.15, 0.2) is 29.6 Å². The van der Waals surface area contributed by atoms with E-state index in [0.29, 0.717) is 15.7 Å². The van der Waals surface area contributed by atoms with E-state index in [1.807, 2.05) is 12.3 Å². The average Bonchev–Trinajstić information content (AvgIpc) is 2.81. The standard InChI is InChI=1S/C14H13ClN2O2S/c1-9-8-20-14(16-9)17-13(19)6-5-12(18)10-3-2-4-11(15)7-10/h2-4,7-8H,5-6H2,1H3,(H,16,17,19). The molecule has 1 aromatic carbocycles. The van der Waals surface area contributed by atoms with E-state index in [2.05, 4.69) is 10.3 Å². The fraction of sp³-hybridized carbons (Fsp3) is 0.214. The van der Waals surface area contributed by atoms with Crippen LogP contribution in [-0.4, -0.2) is 16.7 Å². The van der Waals surface area contributed by atoms with E-state index in [0.717, 1.165) is 5.69 Å². The third-order valence-electron chi connectivity index (χ3n) is 2.59. The van der Waals surface area contributed by atoms with Gasteiger partial charge in [0.25, 0.3) is 0 Å². The molecule has 0 radical (unpaired) electrons. The van der Waals surface area contributed by atoms with Gasteiger partial charge in [-0.25, -0.2) is 4.98 Å². The summed E-state index contributed by atoms with van der Waals surface area (Å²) in [6, 6.07) is 6.71. The average molecular weight is 309 g/mol. The third-order valence-corrected chi connectivity index (χ3v) is 3.70. The van der Waals surface area contributed by atoms with Crippen molar-refractivity contribution in [3.8, 4) is 0 Å². The van der Waals surface area contributed by atoms with Crippen LogP contribution in [-0.2, 0) is 4.79 Å². The van der Waals surface area contributed by atoms with Crippen LogP contribution < -0.4 is 5.32 Å². The number of anilines is 1. The summed E-state index contributed by atoms with van der Waals surface area (Å²) in [7, 11) is 0. The maximum absolute atomic E-state index is 11.9. The van der Waals surface area contributed by atoms with Gasteiger partial charge in [-0.2, -0.15) is 0 Å². The van der Waals surface area contributed by atoms with Crippen LogP contribution >= 0.6 is 22.9 Å². The van der Waals surface area contributed by atoms with Gasteiger partial charge >= 0.3 is 0 Å². The summed E-state index contributed by atoms with van der Waals surface area (Å²) >= 11 is 7.19. The summed E-state index contributed by atoms with van der Waals surface area (Å²) < 4.78 is 0. The first-order valence-electron chi connectivity index (χ1n) is 6.05. The molecule has 0 aliphatic carbocycles. The fourth-order valence-electron chi connectivity index (χ4n) is 1.63. The Labute approximate surface area is 125 Å². The lowest BCUT2D eigenvalue weighted by atomic mass is 10.1. The van der Waals surface area contributed by atoms with Gasteiger partial charge in [-0.3, -0.25) is 9.59 Å². The molecule has 0 aliphatic rings. The first-order chi connectivity index (χ1) is 9.54. The van der Waals surface area contributed by atoms with Gasteiger partial charge in [0.1, 0.15) is 0 Å². The minimum atomic E-state index is -0.213. The van der Waals surface area contributed by atoms with Crippen LogP contribution in [0, 0.1) is 6.92 Å². The molecule has 0 saturated heterocycles. The molecule has 0 aliphatic heterocycles. The number of carbonyl (C=O) groups excluding carboxylic acids is 2. The van der Waals surface area contributed by atoms with Crippen molar-refractivity contribution in [1.82, 2.24) is 4.98 Å². The zero-order valence-electron chi connectivity index (χ0n) is 10.9. The van der Waals surface area contributed by atoms with E-state index in [9.17, 15) is 9.59 Å².